The number of ether oxygens (including phenoxy) is 2. The van der Waals surface area contributed by atoms with E-state index in [-0.39, 0.29) is 30.6 Å². The highest BCUT2D eigenvalue weighted by molar-refractivity contribution is 5.97. The molecule has 0 amide bonds. The molecule has 136 valence electrons. The van der Waals surface area contributed by atoms with Crippen LogP contribution in [-0.4, -0.2) is 25.2 Å². The average molecular weight is 356 g/mol. The summed E-state index contributed by atoms with van der Waals surface area (Å²) in [6, 6.07) is 4.84. The molecule has 0 unspecified atom stereocenters. The maximum Gasteiger partial charge on any atom is 0.416 e. The Morgan fingerprint density at radius 2 is 1.72 bits per heavy atom. The second-order valence-electron chi connectivity index (χ2n) is 5.64. The Morgan fingerprint density at radius 3 is 2.24 bits per heavy atom. The largest absolute Gasteiger partial charge is 0.463 e. The fraction of sp³-hybridized carbons (Fsp3) is 0.444. The molecule has 1 aromatic carbocycles. The molecule has 4 nitrogen and oxygen atoms in total. The topological polar surface area (TPSA) is 52.6 Å². The third kappa shape index (κ3) is 4.84. The molecule has 0 radical (unpaired) electrons. The molecule has 0 N–H and O–H groups in total. The summed E-state index contributed by atoms with van der Waals surface area (Å²) >= 11 is 0. The van der Waals surface area contributed by atoms with E-state index in [1.54, 1.807) is 13.8 Å². The van der Waals surface area contributed by atoms with Crippen LogP contribution < -0.4 is 0 Å². The smallest absolute Gasteiger partial charge is 0.416 e. The van der Waals surface area contributed by atoms with E-state index >= 15 is 0 Å². The van der Waals surface area contributed by atoms with Gasteiger partial charge < -0.3 is 9.47 Å². The van der Waals surface area contributed by atoms with Crippen LogP contribution in [0.1, 0.15) is 37.3 Å². The van der Waals surface area contributed by atoms with E-state index in [2.05, 4.69) is 0 Å². The van der Waals surface area contributed by atoms with E-state index in [0.29, 0.717) is 12.0 Å². The summed E-state index contributed by atoms with van der Waals surface area (Å²) in [7, 11) is 0. The second-order valence-corrected chi connectivity index (χ2v) is 5.64. The van der Waals surface area contributed by atoms with E-state index < -0.39 is 23.7 Å². The first-order valence-corrected chi connectivity index (χ1v) is 8.00. The van der Waals surface area contributed by atoms with E-state index in [4.69, 9.17) is 9.47 Å². The van der Waals surface area contributed by atoms with Crippen LogP contribution in [0.3, 0.4) is 0 Å². The minimum atomic E-state index is -4.39. The van der Waals surface area contributed by atoms with Crippen molar-refractivity contribution in [1.82, 2.24) is 0 Å². The van der Waals surface area contributed by atoms with E-state index in [1.807, 2.05) is 0 Å². The maximum atomic E-state index is 12.6. The highest BCUT2D eigenvalue weighted by atomic mass is 19.4. The molecule has 2 atom stereocenters. The monoisotopic (exact) mass is 356 g/mol. The number of rotatable bonds is 6. The number of carbonyl (C=O) groups excluding carboxylic acids is 2. The molecule has 7 heteroatoms. The minimum absolute atomic E-state index is 0.118. The van der Waals surface area contributed by atoms with Crippen molar-refractivity contribution in [1.29, 1.82) is 0 Å². The Morgan fingerprint density at radius 1 is 1.12 bits per heavy atom. The van der Waals surface area contributed by atoms with Crippen LogP contribution in [0.15, 0.2) is 35.9 Å². The number of halogens is 3. The van der Waals surface area contributed by atoms with Crippen LogP contribution in [0.25, 0.3) is 0 Å². The summed E-state index contributed by atoms with van der Waals surface area (Å²) in [6.07, 6.45) is -2.70. The number of hydrogen-bond acceptors (Lipinski definition) is 4. The van der Waals surface area contributed by atoms with Gasteiger partial charge in [-0.3, -0.25) is 0 Å². The van der Waals surface area contributed by atoms with Gasteiger partial charge in [-0.05, 0) is 49.8 Å². The maximum absolute atomic E-state index is 12.6. The minimum Gasteiger partial charge on any atom is -0.463 e. The van der Waals surface area contributed by atoms with Gasteiger partial charge in [0.05, 0.1) is 18.8 Å². The van der Waals surface area contributed by atoms with Crippen LogP contribution in [0.4, 0.5) is 13.2 Å². The molecule has 0 aromatic heterocycles. The van der Waals surface area contributed by atoms with Crippen molar-refractivity contribution in [2.75, 3.05) is 13.2 Å². The predicted molar refractivity (Wildman–Crippen MR) is 83.6 cm³/mol. The molecule has 1 aromatic rings. The molecule has 1 fully saturated rings. The Kier molecular flexibility index (Phi) is 5.87. The molecule has 0 saturated heterocycles. The summed E-state index contributed by atoms with van der Waals surface area (Å²) in [6.45, 7) is 3.65. The third-order valence-corrected chi connectivity index (χ3v) is 3.93. The summed E-state index contributed by atoms with van der Waals surface area (Å²) in [5.74, 6) is -1.62. The standard InChI is InChI=1S/C18H19F3O4/c1-3-24-16(22)10-15(17(23)25-4-2)14-9-13(14)11-5-7-12(8-6-11)18(19,20)21/h5-8,10,13-14H,3-4,9H2,1-2H3/b15-10-/t13-,14+/m0/s1. The Hall–Kier alpha value is -2.31. The summed E-state index contributed by atoms with van der Waals surface area (Å²) in [5.41, 5.74) is 0.170. The first-order valence-electron chi connectivity index (χ1n) is 8.00. The highest BCUT2D eigenvalue weighted by Crippen LogP contribution is 2.52. The molecular formula is C18H19F3O4. The van der Waals surface area contributed by atoms with Gasteiger partial charge in [-0.15, -0.1) is 0 Å². The van der Waals surface area contributed by atoms with Gasteiger partial charge in [-0.1, -0.05) is 12.1 Å². The normalized spacial score (nSPS) is 20.1. The van der Waals surface area contributed by atoms with Crippen molar-refractivity contribution < 1.29 is 32.2 Å². The third-order valence-electron chi connectivity index (χ3n) is 3.93. The van der Waals surface area contributed by atoms with Gasteiger partial charge in [0.1, 0.15) is 0 Å². The fourth-order valence-electron chi connectivity index (χ4n) is 2.67. The van der Waals surface area contributed by atoms with Crippen molar-refractivity contribution in [3.63, 3.8) is 0 Å². The Balaban J connectivity index is 2.16. The molecule has 0 heterocycles. The van der Waals surface area contributed by atoms with Crippen LogP contribution >= 0.6 is 0 Å². The zero-order valence-electron chi connectivity index (χ0n) is 13.9. The quantitative estimate of drug-likeness (QED) is 0.574. The lowest BCUT2D eigenvalue weighted by atomic mass is 10.0. The Bertz CT molecular complexity index is 662. The van der Waals surface area contributed by atoms with E-state index in [9.17, 15) is 22.8 Å². The summed E-state index contributed by atoms with van der Waals surface area (Å²) < 4.78 is 47.7. The predicted octanol–water partition coefficient (Wildman–Crippen LogP) is 3.86. The van der Waals surface area contributed by atoms with Gasteiger partial charge in [-0.2, -0.15) is 13.2 Å². The van der Waals surface area contributed by atoms with E-state index in [1.165, 1.54) is 12.1 Å². The zero-order valence-corrected chi connectivity index (χ0v) is 13.9. The van der Waals surface area contributed by atoms with Crippen LogP contribution in [0.2, 0.25) is 0 Å². The molecule has 25 heavy (non-hydrogen) atoms. The summed E-state index contributed by atoms with van der Waals surface area (Å²) in [5, 5.41) is 0. The van der Waals surface area contributed by atoms with Gasteiger partial charge in [-0.25, -0.2) is 9.59 Å². The SMILES string of the molecule is CCOC(=O)/C=C(\C(=O)OCC)[C@@H]1C[C@H]1c1ccc(C(F)(F)F)cc1. The van der Waals surface area contributed by atoms with Crippen LogP contribution in [0, 0.1) is 5.92 Å². The first-order chi connectivity index (χ1) is 11.8. The molecule has 0 spiro atoms. The lowest BCUT2D eigenvalue weighted by molar-refractivity contribution is -0.141. The number of esters is 2. The lowest BCUT2D eigenvalue weighted by Crippen LogP contribution is -2.13. The fourth-order valence-corrected chi connectivity index (χ4v) is 2.67. The summed E-state index contributed by atoms with van der Waals surface area (Å²) in [4.78, 5) is 23.7. The van der Waals surface area contributed by atoms with Gasteiger partial charge in [0, 0.05) is 11.6 Å². The van der Waals surface area contributed by atoms with Gasteiger partial charge in [0.25, 0.3) is 0 Å². The Labute approximate surface area is 143 Å². The van der Waals surface area contributed by atoms with Crippen molar-refractivity contribution in [2.24, 2.45) is 5.92 Å². The molecular weight excluding hydrogens is 337 g/mol. The van der Waals surface area contributed by atoms with Gasteiger partial charge >= 0.3 is 18.1 Å². The van der Waals surface area contributed by atoms with Crippen LogP contribution in [0.5, 0.6) is 0 Å². The zero-order chi connectivity index (χ0) is 18.6. The molecule has 0 bridgehead atoms. The number of alkyl halides is 3. The van der Waals surface area contributed by atoms with Crippen LogP contribution in [-0.2, 0) is 25.2 Å². The highest BCUT2D eigenvalue weighted by Gasteiger charge is 2.44. The van der Waals surface area contributed by atoms with Crippen molar-refractivity contribution in [3.05, 3.63) is 47.0 Å². The number of carbonyl (C=O) groups is 2. The van der Waals surface area contributed by atoms with Crippen molar-refractivity contribution in [3.8, 4) is 0 Å². The van der Waals surface area contributed by atoms with E-state index in [0.717, 1.165) is 18.2 Å². The molecule has 2 rings (SSSR count). The van der Waals surface area contributed by atoms with Crippen molar-refractivity contribution in [2.45, 2.75) is 32.4 Å². The van der Waals surface area contributed by atoms with Crippen molar-refractivity contribution >= 4 is 11.9 Å². The lowest BCUT2D eigenvalue weighted by Gasteiger charge is -2.09. The van der Waals surface area contributed by atoms with Gasteiger partial charge in [0.2, 0.25) is 0 Å². The molecule has 1 aliphatic carbocycles. The molecule has 1 aliphatic rings. The molecule has 0 aliphatic heterocycles. The first kappa shape index (κ1) is 19.0. The van der Waals surface area contributed by atoms with Gasteiger partial charge in [0.15, 0.2) is 0 Å². The molecule has 1 saturated carbocycles. The average Bonchev–Trinajstić information content (AvgIpc) is 3.32. The number of hydrogen-bond donors (Lipinski definition) is 0. The second kappa shape index (κ2) is 7.72. The number of benzene rings is 1.